The summed E-state index contributed by atoms with van der Waals surface area (Å²) in [7, 11) is 0. The molecule has 98 valence electrons. The van der Waals surface area contributed by atoms with Crippen LogP contribution in [0.2, 0.25) is 0 Å². The Morgan fingerprint density at radius 1 is 1.39 bits per heavy atom. The summed E-state index contributed by atoms with van der Waals surface area (Å²) < 4.78 is 2.13. The summed E-state index contributed by atoms with van der Waals surface area (Å²) in [6.07, 6.45) is 4.49. The highest BCUT2D eigenvalue weighted by atomic mass is 79.9. The predicted molar refractivity (Wildman–Crippen MR) is 79.4 cm³/mol. The van der Waals surface area contributed by atoms with E-state index in [0.717, 1.165) is 33.1 Å². The zero-order valence-electron chi connectivity index (χ0n) is 10.2. The third kappa shape index (κ3) is 2.79. The normalized spacial score (nSPS) is 28.3. The van der Waals surface area contributed by atoms with Crippen LogP contribution in [0.1, 0.15) is 18.5 Å². The van der Waals surface area contributed by atoms with Crippen LogP contribution >= 0.6 is 31.9 Å². The Morgan fingerprint density at radius 3 is 3.11 bits per heavy atom. The van der Waals surface area contributed by atoms with Gasteiger partial charge >= 0.3 is 0 Å². The summed E-state index contributed by atoms with van der Waals surface area (Å²) in [5.41, 5.74) is 1.14. The lowest BCUT2D eigenvalue weighted by molar-refractivity contribution is 0.154. The highest BCUT2D eigenvalue weighted by molar-refractivity contribution is 9.11. The first-order chi connectivity index (χ1) is 8.72. The van der Waals surface area contributed by atoms with Crippen molar-refractivity contribution >= 4 is 31.9 Å². The molecule has 1 aromatic rings. The Labute approximate surface area is 125 Å². The molecule has 2 fully saturated rings. The lowest BCUT2D eigenvalue weighted by Crippen LogP contribution is -2.44. The van der Waals surface area contributed by atoms with E-state index in [0.29, 0.717) is 0 Å². The van der Waals surface area contributed by atoms with Crippen molar-refractivity contribution in [1.82, 2.24) is 15.2 Å². The molecule has 2 aliphatic heterocycles. The third-order valence-corrected chi connectivity index (χ3v) is 5.12. The van der Waals surface area contributed by atoms with Gasteiger partial charge in [0.05, 0.1) is 5.69 Å². The molecule has 3 heterocycles. The van der Waals surface area contributed by atoms with Crippen molar-refractivity contribution in [3.8, 4) is 0 Å². The van der Waals surface area contributed by atoms with E-state index >= 15 is 0 Å². The van der Waals surface area contributed by atoms with Crippen LogP contribution in [0.15, 0.2) is 21.2 Å². The minimum absolute atomic E-state index is 0.766. The van der Waals surface area contributed by atoms with Gasteiger partial charge in [-0.15, -0.1) is 0 Å². The molecule has 18 heavy (non-hydrogen) atoms. The number of piperidine rings is 1. The van der Waals surface area contributed by atoms with E-state index in [1.54, 1.807) is 0 Å². The Morgan fingerprint density at radius 2 is 2.28 bits per heavy atom. The summed E-state index contributed by atoms with van der Waals surface area (Å²) in [5, 5.41) is 3.60. The molecule has 0 amide bonds. The molecule has 1 N–H and O–H groups in total. The number of rotatable bonds is 2. The summed E-state index contributed by atoms with van der Waals surface area (Å²) in [4.78, 5) is 7.04. The first kappa shape index (κ1) is 13.0. The number of pyridine rings is 1. The standard InChI is InChI=1S/C13H17Br2N3/c14-10-5-11(15)13(17-6-10)8-18-4-2-12-9(7-18)1-3-16-12/h5-6,9,12,16H,1-4,7-8H2. The Bertz CT molecular complexity index is 438. The van der Waals surface area contributed by atoms with Crippen molar-refractivity contribution in [1.29, 1.82) is 0 Å². The van der Waals surface area contributed by atoms with Gasteiger partial charge in [-0.3, -0.25) is 9.88 Å². The first-order valence-corrected chi connectivity index (χ1v) is 8.06. The van der Waals surface area contributed by atoms with Gasteiger partial charge < -0.3 is 5.32 Å². The van der Waals surface area contributed by atoms with E-state index in [1.165, 1.54) is 32.5 Å². The predicted octanol–water partition coefficient (Wildman–Crippen LogP) is 2.79. The number of hydrogen-bond donors (Lipinski definition) is 1. The van der Waals surface area contributed by atoms with Crippen LogP contribution in [0.25, 0.3) is 0 Å². The van der Waals surface area contributed by atoms with E-state index in [2.05, 4.69) is 53.1 Å². The monoisotopic (exact) mass is 373 g/mol. The van der Waals surface area contributed by atoms with E-state index < -0.39 is 0 Å². The molecule has 0 bridgehead atoms. The molecule has 0 saturated carbocycles. The topological polar surface area (TPSA) is 28.2 Å². The number of aromatic nitrogens is 1. The molecule has 0 aromatic carbocycles. The minimum atomic E-state index is 0.766. The molecule has 2 unspecified atom stereocenters. The van der Waals surface area contributed by atoms with E-state index in [4.69, 9.17) is 0 Å². The molecule has 0 aliphatic carbocycles. The van der Waals surface area contributed by atoms with Gasteiger partial charge in [0.25, 0.3) is 0 Å². The van der Waals surface area contributed by atoms with Crippen molar-refractivity contribution in [2.75, 3.05) is 19.6 Å². The van der Waals surface area contributed by atoms with Crippen molar-refractivity contribution in [3.05, 3.63) is 26.9 Å². The quantitative estimate of drug-likeness (QED) is 0.862. The number of likely N-dealkylation sites (tertiary alicyclic amines) is 1. The fourth-order valence-electron chi connectivity index (χ4n) is 3.04. The molecule has 0 spiro atoms. The van der Waals surface area contributed by atoms with Gasteiger partial charge in [-0.1, -0.05) is 0 Å². The first-order valence-electron chi connectivity index (χ1n) is 6.48. The molecule has 0 radical (unpaired) electrons. The zero-order valence-corrected chi connectivity index (χ0v) is 13.4. The Hall–Kier alpha value is 0.0300. The molecule has 2 atom stereocenters. The Balaban J connectivity index is 1.66. The maximum atomic E-state index is 4.51. The summed E-state index contributed by atoms with van der Waals surface area (Å²) >= 11 is 7.04. The van der Waals surface area contributed by atoms with Gasteiger partial charge in [0.1, 0.15) is 0 Å². The molecule has 1 aromatic heterocycles. The average molecular weight is 375 g/mol. The van der Waals surface area contributed by atoms with Gasteiger partial charge in [-0.25, -0.2) is 0 Å². The smallest absolute Gasteiger partial charge is 0.0686 e. The van der Waals surface area contributed by atoms with E-state index in [1.807, 2.05) is 6.20 Å². The largest absolute Gasteiger partial charge is 0.314 e. The van der Waals surface area contributed by atoms with Crippen LogP contribution < -0.4 is 5.32 Å². The number of hydrogen-bond acceptors (Lipinski definition) is 3. The number of nitrogens with one attached hydrogen (secondary N) is 1. The van der Waals surface area contributed by atoms with Gasteiger partial charge in [0.15, 0.2) is 0 Å². The number of nitrogens with zero attached hydrogens (tertiary/aromatic N) is 2. The number of halogens is 2. The van der Waals surface area contributed by atoms with Gasteiger partial charge in [-0.05, 0) is 63.2 Å². The molecule has 5 heteroatoms. The third-order valence-electron chi connectivity index (χ3n) is 4.00. The molecule has 3 nitrogen and oxygen atoms in total. The highest BCUT2D eigenvalue weighted by Crippen LogP contribution is 2.27. The van der Waals surface area contributed by atoms with Crippen LogP contribution in [-0.2, 0) is 6.54 Å². The lowest BCUT2D eigenvalue weighted by atomic mass is 9.93. The van der Waals surface area contributed by atoms with Gasteiger partial charge in [-0.2, -0.15) is 0 Å². The van der Waals surface area contributed by atoms with Crippen LogP contribution in [0, 0.1) is 5.92 Å². The van der Waals surface area contributed by atoms with Crippen molar-refractivity contribution < 1.29 is 0 Å². The molecule has 2 aliphatic rings. The second kappa shape index (κ2) is 5.57. The second-order valence-corrected chi connectivity index (χ2v) is 6.99. The van der Waals surface area contributed by atoms with Crippen molar-refractivity contribution in [3.63, 3.8) is 0 Å². The van der Waals surface area contributed by atoms with Crippen molar-refractivity contribution in [2.24, 2.45) is 5.92 Å². The lowest BCUT2D eigenvalue weighted by Gasteiger charge is -2.34. The zero-order chi connectivity index (χ0) is 12.5. The van der Waals surface area contributed by atoms with E-state index in [-0.39, 0.29) is 0 Å². The highest BCUT2D eigenvalue weighted by Gasteiger charge is 2.32. The van der Waals surface area contributed by atoms with Gasteiger partial charge in [0.2, 0.25) is 0 Å². The fourth-order valence-corrected chi connectivity index (χ4v) is 4.15. The fraction of sp³-hybridized carbons (Fsp3) is 0.615. The SMILES string of the molecule is Brc1cnc(CN2CCC3NCCC3C2)c(Br)c1. The van der Waals surface area contributed by atoms with Crippen LogP contribution in [0.4, 0.5) is 0 Å². The summed E-state index contributed by atoms with van der Waals surface area (Å²) in [6.45, 7) is 4.54. The van der Waals surface area contributed by atoms with E-state index in [9.17, 15) is 0 Å². The summed E-state index contributed by atoms with van der Waals surface area (Å²) in [6, 6.07) is 2.84. The van der Waals surface area contributed by atoms with Crippen LogP contribution in [-0.4, -0.2) is 35.6 Å². The van der Waals surface area contributed by atoms with Crippen LogP contribution in [0.3, 0.4) is 0 Å². The maximum Gasteiger partial charge on any atom is 0.0686 e. The molecular weight excluding hydrogens is 358 g/mol. The Kier molecular flexibility index (Phi) is 4.03. The maximum absolute atomic E-state index is 4.51. The van der Waals surface area contributed by atoms with Crippen LogP contribution in [0.5, 0.6) is 0 Å². The average Bonchev–Trinajstić information content (AvgIpc) is 2.80. The van der Waals surface area contributed by atoms with Gasteiger partial charge in [0, 0.05) is 40.8 Å². The molecule has 3 rings (SSSR count). The molecule has 2 saturated heterocycles. The number of fused-ring (bicyclic) bond motifs is 1. The van der Waals surface area contributed by atoms with Crippen molar-refractivity contribution in [2.45, 2.75) is 25.4 Å². The summed E-state index contributed by atoms with van der Waals surface area (Å²) in [5.74, 6) is 0.841. The minimum Gasteiger partial charge on any atom is -0.314 e. The second-order valence-electron chi connectivity index (χ2n) is 5.22. The molecular formula is C13H17Br2N3.